The highest BCUT2D eigenvalue weighted by molar-refractivity contribution is 6.75. The minimum absolute atomic E-state index is 0.792. The first-order chi connectivity index (χ1) is 9.35. The van der Waals surface area contributed by atoms with Gasteiger partial charge in [-0.1, -0.05) is 85.9 Å². The maximum absolute atomic E-state index is 3.72. The SMILES string of the molecule is C=C/C=C\C(=C/C)c1ccc(B2CCBCC2)cc1. The Morgan fingerprint density at radius 2 is 1.89 bits per heavy atom. The Labute approximate surface area is 118 Å². The predicted octanol–water partition coefficient (Wildman–Crippen LogP) is 3.82. The first-order valence-electron chi connectivity index (χ1n) is 7.41. The summed E-state index contributed by atoms with van der Waals surface area (Å²) in [4.78, 5) is 0. The third kappa shape index (κ3) is 3.76. The van der Waals surface area contributed by atoms with Crippen molar-refractivity contribution < 1.29 is 0 Å². The monoisotopic (exact) mass is 248 g/mol. The van der Waals surface area contributed by atoms with Gasteiger partial charge in [0.05, 0.1) is 0 Å². The fourth-order valence-corrected chi connectivity index (χ4v) is 2.91. The van der Waals surface area contributed by atoms with E-state index in [4.69, 9.17) is 0 Å². The standard InChI is InChI=1S/C17H22B2/c1-3-5-6-15(4-2)16-7-9-17(10-8-16)19-13-11-18-12-14-19/h3-10,18H,1,11-14H2,2H3/b6-5-,15-4+. The van der Waals surface area contributed by atoms with Crippen molar-refractivity contribution in [1.29, 1.82) is 0 Å². The molecule has 0 spiro atoms. The molecule has 0 N–H and O–H groups in total. The Kier molecular flexibility index (Phi) is 5.32. The lowest BCUT2D eigenvalue weighted by Crippen LogP contribution is -2.32. The number of rotatable bonds is 4. The fourth-order valence-electron chi connectivity index (χ4n) is 2.91. The van der Waals surface area contributed by atoms with Gasteiger partial charge in [0.2, 0.25) is 0 Å². The van der Waals surface area contributed by atoms with Crippen LogP contribution in [0.3, 0.4) is 0 Å². The molecule has 0 unspecified atom stereocenters. The Morgan fingerprint density at radius 3 is 2.47 bits per heavy atom. The van der Waals surface area contributed by atoms with Crippen LogP contribution in [0.25, 0.3) is 5.57 Å². The highest BCUT2D eigenvalue weighted by Gasteiger charge is 2.19. The summed E-state index contributed by atoms with van der Waals surface area (Å²) in [7, 11) is 1.42. The summed E-state index contributed by atoms with van der Waals surface area (Å²) < 4.78 is 0. The smallest absolute Gasteiger partial charge is 0.0991 e. The molecule has 1 heterocycles. The molecule has 1 fully saturated rings. The molecule has 1 aliphatic heterocycles. The molecular weight excluding hydrogens is 226 g/mol. The summed E-state index contributed by atoms with van der Waals surface area (Å²) in [5.74, 6) is 0. The lowest BCUT2D eigenvalue weighted by molar-refractivity contribution is 1.22. The average Bonchev–Trinajstić information content (AvgIpc) is 2.49. The number of benzene rings is 1. The Hall–Kier alpha value is -1.43. The van der Waals surface area contributed by atoms with E-state index in [0.29, 0.717) is 0 Å². The van der Waals surface area contributed by atoms with Crippen molar-refractivity contribution >= 4 is 25.0 Å². The van der Waals surface area contributed by atoms with E-state index in [2.05, 4.69) is 49.9 Å². The third-order valence-corrected chi connectivity index (χ3v) is 4.04. The van der Waals surface area contributed by atoms with E-state index in [1.54, 1.807) is 0 Å². The molecule has 0 nitrogen and oxygen atoms in total. The van der Waals surface area contributed by atoms with Crippen LogP contribution < -0.4 is 5.46 Å². The van der Waals surface area contributed by atoms with Crippen LogP contribution in [0.1, 0.15) is 12.5 Å². The molecule has 96 valence electrons. The zero-order chi connectivity index (χ0) is 13.5. The Bertz CT molecular complexity index is 463. The topological polar surface area (TPSA) is 0 Å². The lowest BCUT2D eigenvalue weighted by atomic mass is 9.32. The average molecular weight is 248 g/mol. The van der Waals surface area contributed by atoms with Gasteiger partial charge in [-0.05, 0) is 18.1 Å². The summed E-state index contributed by atoms with van der Waals surface area (Å²) in [6, 6.07) is 9.15. The summed E-state index contributed by atoms with van der Waals surface area (Å²) >= 11 is 0. The van der Waals surface area contributed by atoms with Crippen LogP contribution in [-0.4, -0.2) is 14.0 Å². The van der Waals surface area contributed by atoms with Crippen LogP contribution >= 0.6 is 0 Å². The first kappa shape index (κ1) is 14.0. The highest BCUT2D eigenvalue weighted by Crippen LogP contribution is 2.18. The van der Waals surface area contributed by atoms with E-state index < -0.39 is 0 Å². The summed E-state index contributed by atoms with van der Waals surface area (Å²) in [5, 5.41) is 0. The molecule has 0 aromatic heterocycles. The molecular formula is C17H22B2. The molecule has 2 heteroatoms. The van der Waals surface area contributed by atoms with Gasteiger partial charge in [-0.15, -0.1) is 0 Å². The van der Waals surface area contributed by atoms with E-state index in [-0.39, 0.29) is 0 Å². The summed E-state index contributed by atoms with van der Waals surface area (Å²) in [6.07, 6.45) is 13.6. The molecule has 1 aromatic rings. The van der Waals surface area contributed by atoms with Gasteiger partial charge >= 0.3 is 0 Å². The van der Waals surface area contributed by atoms with Crippen LogP contribution in [0.4, 0.5) is 0 Å². The number of hydrogen-bond donors (Lipinski definition) is 0. The molecule has 0 amide bonds. The van der Waals surface area contributed by atoms with Gasteiger partial charge in [0.25, 0.3) is 0 Å². The molecule has 0 atom stereocenters. The molecule has 1 aromatic carbocycles. The van der Waals surface area contributed by atoms with Crippen LogP contribution in [-0.2, 0) is 0 Å². The largest absolute Gasteiger partial charge is 0.174 e. The van der Waals surface area contributed by atoms with Gasteiger partial charge < -0.3 is 0 Å². The maximum Gasteiger partial charge on any atom is 0.174 e. The van der Waals surface area contributed by atoms with Crippen molar-refractivity contribution in [2.75, 3.05) is 0 Å². The zero-order valence-corrected chi connectivity index (χ0v) is 11.9. The number of hydrogen-bond acceptors (Lipinski definition) is 0. The van der Waals surface area contributed by atoms with Crippen LogP contribution in [0.5, 0.6) is 0 Å². The van der Waals surface area contributed by atoms with E-state index in [9.17, 15) is 0 Å². The molecule has 1 saturated heterocycles. The number of allylic oxidation sites excluding steroid dienone is 5. The quantitative estimate of drug-likeness (QED) is 0.561. The van der Waals surface area contributed by atoms with Crippen molar-refractivity contribution in [3.05, 3.63) is 60.7 Å². The Balaban J connectivity index is 2.12. The predicted molar refractivity (Wildman–Crippen MR) is 91.2 cm³/mol. The molecule has 2 rings (SSSR count). The van der Waals surface area contributed by atoms with Crippen LogP contribution in [0.15, 0.2) is 55.1 Å². The maximum atomic E-state index is 3.72. The second-order valence-corrected chi connectivity index (χ2v) is 5.30. The van der Waals surface area contributed by atoms with Gasteiger partial charge in [-0.25, -0.2) is 0 Å². The molecule has 0 saturated carbocycles. The summed E-state index contributed by atoms with van der Waals surface area (Å²) in [5.41, 5.74) is 4.07. The Morgan fingerprint density at radius 1 is 1.21 bits per heavy atom. The van der Waals surface area contributed by atoms with Crippen LogP contribution in [0, 0.1) is 0 Å². The van der Waals surface area contributed by atoms with E-state index >= 15 is 0 Å². The van der Waals surface area contributed by atoms with Crippen molar-refractivity contribution in [3.63, 3.8) is 0 Å². The van der Waals surface area contributed by atoms with E-state index in [1.807, 2.05) is 12.2 Å². The normalized spacial score (nSPS) is 16.5. The van der Waals surface area contributed by atoms with Gasteiger partial charge in [0.15, 0.2) is 6.71 Å². The molecule has 1 aliphatic rings. The van der Waals surface area contributed by atoms with Crippen molar-refractivity contribution in [2.24, 2.45) is 0 Å². The minimum atomic E-state index is 0.792. The molecule has 0 aliphatic carbocycles. The van der Waals surface area contributed by atoms with Crippen molar-refractivity contribution in [1.82, 2.24) is 0 Å². The lowest BCUT2D eigenvalue weighted by Gasteiger charge is -2.18. The highest BCUT2D eigenvalue weighted by atomic mass is 14.0. The van der Waals surface area contributed by atoms with Crippen molar-refractivity contribution in [2.45, 2.75) is 32.2 Å². The van der Waals surface area contributed by atoms with E-state index in [1.165, 1.54) is 49.2 Å². The fraction of sp³-hybridized carbons (Fsp3) is 0.294. The zero-order valence-electron chi connectivity index (χ0n) is 11.9. The van der Waals surface area contributed by atoms with Gasteiger partial charge in [-0.2, -0.15) is 0 Å². The van der Waals surface area contributed by atoms with Gasteiger partial charge in [-0.3, -0.25) is 0 Å². The van der Waals surface area contributed by atoms with Gasteiger partial charge in [0.1, 0.15) is 7.28 Å². The molecule has 0 radical (unpaired) electrons. The van der Waals surface area contributed by atoms with Gasteiger partial charge in [0, 0.05) is 0 Å². The molecule has 0 bridgehead atoms. The molecule has 19 heavy (non-hydrogen) atoms. The summed E-state index contributed by atoms with van der Waals surface area (Å²) in [6.45, 7) is 6.60. The minimum Gasteiger partial charge on any atom is -0.0991 e. The van der Waals surface area contributed by atoms with Crippen LogP contribution in [0.2, 0.25) is 25.3 Å². The van der Waals surface area contributed by atoms with Crippen molar-refractivity contribution in [3.8, 4) is 0 Å². The third-order valence-electron chi connectivity index (χ3n) is 4.04. The van der Waals surface area contributed by atoms with E-state index in [0.717, 1.165) is 6.71 Å². The second-order valence-electron chi connectivity index (χ2n) is 5.30. The second kappa shape index (κ2) is 7.23. The first-order valence-corrected chi connectivity index (χ1v) is 7.41.